The van der Waals surface area contributed by atoms with Crippen molar-refractivity contribution in [3.8, 4) is 0 Å². The topological polar surface area (TPSA) is 176 Å². The van der Waals surface area contributed by atoms with E-state index in [-0.39, 0.29) is 151 Å². The van der Waals surface area contributed by atoms with Crippen molar-refractivity contribution in [1.29, 1.82) is 0 Å². The molecule has 28 heteroatoms. The van der Waals surface area contributed by atoms with Crippen LogP contribution in [-0.2, 0) is 59.2 Å². The van der Waals surface area contributed by atoms with Crippen LogP contribution >= 0.6 is 81.2 Å². The molecule has 2 atom stereocenters. The third-order valence-corrected chi connectivity index (χ3v) is 26.0. The molecule has 0 spiro atoms. The van der Waals surface area contributed by atoms with Gasteiger partial charge in [-0.1, -0.05) is 191 Å². The minimum Gasteiger partial charge on any atom is -0.359 e. The van der Waals surface area contributed by atoms with Crippen molar-refractivity contribution in [3.63, 3.8) is 0 Å². The summed E-state index contributed by atoms with van der Waals surface area (Å²) in [6, 6.07) is 73.9. The molecule has 0 aliphatic heterocycles. The highest BCUT2D eigenvalue weighted by molar-refractivity contribution is 6.33. The molecule has 7 aromatic heterocycles. The van der Waals surface area contributed by atoms with Crippen LogP contribution in [0.4, 0.5) is 30.7 Å². The van der Waals surface area contributed by atoms with Gasteiger partial charge in [0.15, 0.2) is 40.5 Å². The third-order valence-electron chi connectivity index (χ3n) is 23.6. The maximum absolute atomic E-state index is 13.9. The number of aromatic nitrogens is 7. The number of aryl methyl sites for hydroxylation is 4. The van der Waals surface area contributed by atoms with E-state index < -0.39 is 0 Å². The van der Waals surface area contributed by atoms with E-state index in [9.17, 15) is 64.3 Å². The zero-order chi connectivity index (χ0) is 103. The highest BCUT2D eigenvalue weighted by Crippen LogP contribution is 2.34. The molecular weight excluding hydrogens is 1960 g/mol. The van der Waals surface area contributed by atoms with Crippen molar-refractivity contribution in [1.82, 2.24) is 32.8 Å². The Morgan fingerprint density at radius 3 is 1.09 bits per heavy atom. The lowest BCUT2D eigenvalue weighted by atomic mass is 9.94. The molecule has 738 valence electrons. The van der Waals surface area contributed by atoms with Gasteiger partial charge in [-0.2, -0.15) is 0 Å². The maximum Gasteiger partial charge on any atom is 0.179 e. The maximum atomic E-state index is 13.9. The fourth-order valence-corrected chi connectivity index (χ4v) is 17.8. The first-order chi connectivity index (χ1) is 68.0. The number of benzene rings is 9. The zero-order valence-corrected chi connectivity index (χ0v) is 84.7. The Balaban J connectivity index is 0.000000171. The Labute approximate surface area is 857 Å². The predicted molar refractivity (Wildman–Crippen MR) is 555 cm³/mol. The average molecular weight is 2070 g/mol. The number of Topliss-reactive ketones (excluding diaryl/α,β-unsaturated/α-hetero) is 7. The number of H-pyrrole nitrogens is 2. The van der Waals surface area contributed by atoms with Crippen LogP contribution in [0.1, 0.15) is 225 Å². The Morgan fingerprint density at radius 1 is 0.310 bits per heavy atom. The van der Waals surface area contributed by atoms with Crippen LogP contribution in [-0.4, -0.2) is 73.3 Å². The average Bonchev–Trinajstić information content (AvgIpc) is 1.76. The van der Waals surface area contributed by atoms with Crippen LogP contribution in [0.3, 0.4) is 0 Å². The number of halogens is 14. The molecule has 7 heterocycles. The highest BCUT2D eigenvalue weighted by Gasteiger charge is 2.25. The normalized spacial score (nSPS) is 11.2. The number of nitrogens with zero attached hydrogens (tertiary/aromatic N) is 5. The minimum absolute atomic E-state index is 0.000481. The summed E-state index contributed by atoms with van der Waals surface area (Å²) in [5, 5.41) is 2.57. The lowest BCUT2D eigenvalue weighted by Gasteiger charge is -2.17. The van der Waals surface area contributed by atoms with E-state index >= 15 is 0 Å². The summed E-state index contributed by atoms with van der Waals surface area (Å²) in [6.45, 7) is 12.3. The lowest BCUT2D eigenvalue weighted by Crippen LogP contribution is -2.14. The van der Waals surface area contributed by atoms with Gasteiger partial charge in [-0.25, -0.2) is 30.7 Å². The first-order valence-corrected chi connectivity index (χ1v) is 48.5. The molecule has 9 aromatic carbocycles. The van der Waals surface area contributed by atoms with Gasteiger partial charge in [0.2, 0.25) is 0 Å². The van der Waals surface area contributed by atoms with E-state index in [1.807, 2.05) is 197 Å². The van der Waals surface area contributed by atoms with Crippen molar-refractivity contribution in [2.24, 2.45) is 14.1 Å². The van der Waals surface area contributed by atoms with Gasteiger partial charge in [0.05, 0.1) is 45.9 Å². The standard InChI is InChI=1S/C21H19ClFNO.C20H17ClFNO.C17H19ClFNO.C15H15ClFNO.2C14H13ClFNO.C13H11ClFNO/c1-15(16-7-3-2-4-8-16)24-14-6-11-20(24)21(25)13-12-17-18(22)9-5-10-19(17)23;21-17-8-4-9-18(22)16(17)11-12-20(24)19-10-5-13-23(19)14-15-6-2-1-3-7-15;1-11(2)20-9-5-8-15(20)16(21)10-12(3)17-13(18)6-4-7-14(17)19;1-10-8-9-18(2)15(10)14(19)7-6-11-12(16)4-3-5-13(11)17;1-17-9-3-6-13(17)14(18)8-7-10-11(15)4-2-5-12(10)16;1-9-7-8-17-14(9)13(18)6-5-10-11(15)3-2-4-12(10)16;14-10-3-1-4-11(15)9(10)6-7-13(17)12-5-2-8-16-12/h2-11,14-15H,12-13H2,1H3;1-10,13H,11-12,14H2;4-9,11-12H,10H2,1-3H3;3-5,8-9H,6-7H2,1-2H3;2-6,9H,7-8H2,1H3;2-4,7-8,17H,5-6H2,1H3;1-5,8,16H,6-7H2. The molecule has 16 aromatic rings. The molecule has 0 saturated carbocycles. The molecule has 2 N–H and O–H groups in total. The van der Waals surface area contributed by atoms with E-state index in [2.05, 4.69) is 16.9 Å². The van der Waals surface area contributed by atoms with E-state index in [0.29, 0.717) is 153 Å². The van der Waals surface area contributed by atoms with Gasteiger partial charge in [0.25, 0.3) is 0 Å². The van der Waals surface area contributed by atoms with Crippen molar-refractivity contribution < 1.29 is 64.3 Å². The van der Waals surface area contributed by atoms with Crippen molar-refractivity contribution >= 4 is 122 Å². The van der Waals surface area contributed by atoms with Gasteiger partial charge in [-0.05, 0) is 259 Å². The van der Waals surface area contributed by atoms with Gasteiger partial charge in [0, 0.05) is 189 Å². The Kier molecular flexibility index (Phi) is 43.0. The quantitative estimate of drug-likeness (QED) is 0.0304. The van der Waals surface area contributed by atoms with Crippen molar-refractivity contribution in [2.45, 2.75) is 150 Å². The molecule has 0 aliphatic carbocycles. The molecule has 0 saturated heterocycles. The molecular formula is C114H107Cl7F7N7O7. The largest absolute Gasteiger partial charge is 0.359 e. The van der Waals surface area contributed by atoms with Crippen LogP contribution < -0.4 is 0 Å². The van der Waals surface area contributed by atoms with Crippen LogP contribution in [0.5, 0.6) is 0 Å². The van der Waals surface area contributed by atoms with Gasteiger partial charge in [-0.3, -0.25) is 33.6 Å². The van der Waals surface area contributed by atoms with Crippen LogP contribution in [0.25, 0.3) is 0 Å². The van der Waals surface area contributed by atoms with Gasteiger partial charge < -0.3 is 32.8 Å². The van der Waals surface area contributed by atoms with Gasteiger partial charge >= 0.3 is 0 Å². The van der Waals surface area contributed by atoms with Crippen molar-refractivity contribution in [2.75, 3.05) is 0 Å². The number of rotatable bonds is 33. The fraction of sp³-hybridized carbons (Fsp3) is 0.219. The number of nitrogens with one attached hydrogen (secondary N) is 2. The summed E-state index contributed by atoms with van der Waals surface area (Å²) in [5.41, 5.74) is 11.2. The first kappa shape index (κ1) is 111. The van der Waals surface area contributed by atoms with E-state index in [4.69, 9.17) is 81.2 Å². The van der Waals surface area contributed by atoms with E-state index in [1.54, 1.807) is 137 Å². The number of aromatic amines is 2. The summed E-state index contributed by atoms with van der Waals surface area (Å²) in [7, 11) is 3.64. The van der Waals surface area contributed by atoms with Gasteiger partial charge in [0.1, 0.15) is 40.7 Å². The molecule has 0 aliphatic rings. The molecule has 0 bridgehead atoms. The minimum atomic E-state index is -0.367. The molecule has 0 amide bonds. The molecule has 0 radical (unpaired) electrons. The summed E-state index contributed by atoms with van der Waals surface area (Å²) < 4.78 is 105. The van der Waals surface area contributed by atoms with Crippen LogP contribution in [0.2, 0.25) is 35.2 Å². The molecule has 0 fully saturated rings. The van der Waals surface area contributed by atoms with Gasteiger partial charge in [-0.15, -0.1) is 0 Å². The second kappa shape index (κ2) is 55.0. The molecule has 142 heavy (non-hydrogen) atoms. The number of hydrogen-bond acceptors (Lipinski definition) is 7. The SMILES string of the molecule is CC(CC(=O)c1cccn1C(C)C)c1c(F)cccc1Cl.CC(c1ccccc1)n1cccc1C(=O)CCc1c(F)cccc1Cl.Cc1cc[nH]c1C(=O)CCc1c(F)cccc1Cl.Cc1ccn(C)c1C(=O)CCc1c(F)cccc1Cl.Cn1cccc1C(=O)CCc1c(F)cccc1Cl.O=C(CCc1c(F)cccc1Cl)c1ccc[nH]1.O=C(CCc1c(F)cccc1Cl)c1cccn1Cc1ccccc1. The lowest BCUT2D eigenvalue weighted by molar-refractivity contribution is 0.0958. The number of hydrogen-bond donors (Lipinski definition) is 2. The molecule has 14 nitrogen and oxygen atoms in total. The van der Waals surface area contributed by atoms with Crippen LogP contribution in [0, 0.1) is 54.6 Å². The summed E-state index contributed by atoms with van der Waals surface area (Å²) in [6.07, 6.45) is 16.2. The number of carbonyl (C=O) groups excluding carboxylic acids is 7. The van der Waals surface area contributed by atoms with Crippen molar-refractivity contribution in [3.05, 3.63) is 481 Å². The zero-order valence-electron chi connectivity index (χ0n) is 79.4. The molecule has 16 rings (SSSR count). The summed E-state index contributed by atoms with van der Waals surface area (Å²) in [4.78, 5) is 91.1. The second-order valence-corrected chi connectivity index (χ2v) is 36.6. The number of carbonyl (C=O) groups is 7. The Morgan fingerprint density at radius 2 is 0.690 bits per heavy atom. The van der Waals surface area contributed by atoms with E-state index in [0.717, 1.165) is 22.3 Å². The molecule has 2 unspecified atom stereocenters. The van der Waals surface area contributed by atoms with E-state index in [1.165, 1.54) is 42.5 Å². The second-order valence-electron chi connectivity index (χ2n) is 33.8. The first-order valence-electron chi connectivity index (χ1n) is 45.8. The predicted octanol–water partition coefficient (Wildman–Crippen LogP) is 31.2. The monoisotopic (exact) mass is 2060 g/mol. The smallest absolute Gasteiger partial charge is 0.179 e. The summed E-state index contributed by atoms with van der Waals surface area (Å²) >= 11 is 41.8. The third kappa shape index (κ3) is 31.6. The highest BCUT2D eigenvalue weighted by atomic mass is 35.5. The fourth-order valence-electron chi connectivity index (χ4n) is 15.9. The van der Waals surface area contributed by atoms with Crippen LogP contribution in [0.15, 0.2) is 304 Å². The number of ketones is 7. The Bertz CT molecular complexity index is 6680. The summed E-state index contributed by atoms with van der Waals surface area (Å²) in [5.74, 6) is -2.92. The Hall–Kier alpha value is -12.8.